The molecule has 4 rings (SSSR count). The van der Waals surface area contributed by atoms with E-state index in [1.807, 2.05) is 0 Å². The molecule has 2 aromatic heterocycles. The molecule has 10 nitrogen and oxygen atoms in total. The van der Waals surface area contributed by atoms with Crippen molar-refractivity contribution in [3.63, 3.8) is 0 Å². The molecular formula is C18H18FN5O5. The molecule has 3 aromatic rings. The molecule has 0 saturated carbocycles. The lowest BCUT2D eigenvalue weighted by molar-refractivity contribution is -0.0657. The third-order valence-electron chi connectivity index (χ3n) is 4.69. The van der Waals surface area contributed by atoms with Crippen molar-refractivity contribution in [3.05, 3.63) is 48.3 Å². The smallest absolute Gasteiger partial charge is 0.312 e. The topological polar surface area (TPSA) is 146 Å². The summed E-state index contributed by atoms with van der Waals surface area (Å²) in [5.41, 5.74) is 6.31. The summed E-state index contributed by atoms with van der Waals surface area (Å²) >= 11 is 0. The number of benzene rings is 1. The van der Waals surface area contributed by atoms with Gasteiger partial charge in [0, 0.05) is 5.56 Å². The van der Waals surface area contributed by atoms with E-state index in [0.29, 0.717) is 5.56 Å². The summed E-state index contributed by atoms with van der Waals surface area (Å²) in [5.74, 6) is -0.447. The van der Waals surface area contributed by atoms with Gasteiger partial charge in [-0.1, -0.05) is 30.3 Å². The van der Waals surface area contributed by atoms with Gasteiger partial charge in [-0.05, 0) is 0 Å². The molecule has 1 aromatic carbocycles. The van der Waals surface area contributed by atoms with Crippen LogP contribution in [0.4, 0.5) is 10.2 Å². The Bertz CT molecular complexity index is 1030. The molecule has 0 aliphatic carbocycles. The number of ether oxygens (including phenoxy) is 2. The molecule has 1 aliphatic heterocycles. The molecule has 0 bridgehead atoms. The zero-order chi connectivity index (χ0) is 20.5. The molecule has 0 spiro atoms. The molecule has 29 heavy (non-hydrogen) atoms. The molecule has 11 heteroatoms. The first-order chi connectivity index (χ1) is 14.0. The average molecular weight is 403 g/mol. The fraction of sp³-hybridized carbons (Fsp3) is 0.333. The summed E-state index contributed by atoms with van der Waals surface area (Å²) in [6.45, 7) is -0.815. The van der Waals surface area contributed by atoms with E-state index in [-0.39, 0.29) is 29.4 Å². The van der Waals surface area contributed by atoms with Gasteiger partial charge < -0.3 is 25.4 Å². The molecule has 4 atom stereocenters. The van der Waals surface area contributed by atoms with E-state index in [4.69, 9.17) is 15.2 Å². The Morgan fingerprint density at radius 3 is 2.79 bits per heavy atom. The van der Waals surface area contributed by atoms with E-state index < -0.39 is 37.2 Å². The van der Waals surface area contributed by atoms with E-state index in [2.05, 4.69) is 15.0 Å². The highest BCUT2D eigenvalue weighted by Gasteiger charge is 2.46. The molecule has 1 aliphatic rings. The largest absolute Gasteiger partial charge is 0.394 e. The van der Waals surface area contributed by atoms with Crippen LogP contribution in [-0.4, -0.2) is 67.0 Å². The molecule has 0 unspecified atom stereocenters. The molecule has 0 amide bonds. The minimum absolute atomic E-state index is 0.0359. The minimum atomic E-state index is -1.24. The Kier molecular flexibility index (Phi) is 5.20. The van der Waals surface area contributed by atoms with Crippen molar-refractivity contribution in [2.45, 2.75) is 24.5 Å². The van der Waals surface area contributed by atoms with E-state index in [1.165, 1.54) is 10.9 Å². The lowest BCUT2D eigenvalue weighted by atomic mass is 10.1. The van der Waals surface area contributed by atoms with Crippen molar-refractivity contribution in [2.24, 2.45) is 0 Å². The molecule has 0 radical (unpaired) electrons. The number of aliphatic hydroxyl groups is 2. The first-order valence-electron chi connectivity index (χ1n) is 8.79. The molecule has 152 valence electrons. The van der Waals surface area contributed by atoms with Crippen LogP contribution in [0.1, 0.15) is 16.6 Å². The van der Waals surface area contributed by atoms with Crippen LogP contribution < -0.4 is 5.73 Å². The number of nitrogens with two attached hydrogens (primary N) is 1. The Balaban J connectivity index is 1.62. The SMILES string of the molecule is Nc1nc(F)nc2c1ncn2[C@@H]1O[C@H](CO)[C@@H](O)[C@@H]1OCC(=O)c1ccccc1. The number of nitrogens with zero attached hydrogens (tertiary/aromatic N) is 4. The highest BCUT2D eigenvalue weighted by Crippen LogP contribution is 2.34. The average Bonchev–Trinajstić information content (AvgIpc) is 3.27. The number of ketones is 1. The lowest BCUT2D eigenvalue weighted by Gasteiger charge is -2.21. The third-order valence-corrected chi connectivity index (χ3v) is 4.69. The fourth-order valence-corrected chi connectivity index (χ4v) is 3.25. The molecule has 4 N–H and O–H groups in total. The van der Waals surface area contributed by atoms with Crippen LogP contribution in [0.25, 0.3) is 11.2 Å². The number of aliphatic hydroxyl groups excluding tert-OH is 2. The van der Waals surface area contributed by atoms with E-state index >= 15 is 0 Å². The standard InChI is InChI=1S/C18H18FN5O5/c19-18-22-15(20)12-16(23-18)24(8-21-12)17-14(13(27)11(6-25)29-17)28-7-10(26)9-4-2-1-3-5-9/h1-5,8,11,13-14,17,25,27H,6-7H2,(H2,20,22,23)/t11-,13-,14+,17-/m1/s1. The highest BCUT2D eigenvalue weighted by molar-refractivity contribution is 5.97. The summed E-state index contributed by atoms with van der Waals surface area (Å²) < 4.78 is 26.3. The quantitative estimate of drug-likeness (QED) is 0.384. The van der Waals surface area contributed by atoms with Gasteiger partial charge in [-0.15, -0.1) is 0 Å². The lowest BCUT2D eigenvalue weighted by Crippen LogP contribution is -2.36. The van der Waals surface area contributed by atoms with Crippen LogP contribution in [0, 0.1) is 6.08 Å². The van der Waals surface area contributed by atoms with Crippen molar-refractivity contribution in [2.75, 3.05) is 18.9 Å². The zero-order valence-electron chi connectivity index (χ0n) is 15.1. The van der Waals surface area contributed by atoms with Crippen LogP contribution in [0.3, 0.4) is 0 Å². The predicted molar refractivity (Wildman–Crippen MR) is 97.2 cm³/mol. The summed E-state index contributed by atoms with van der Waals surface area (Å²) in [5, 5.41) is 20.0. The maximum atomic E-state index is 13.7. The minimum Gasteiger partial charge on any atom is -0.394 e. The Hall–Kier alpha value is -2.99. The van der Waals surface area contributed by atoms with Gasteiger partial charge >= 0.3 is 6.08 Å². The second-order valence-corrected chi connectivity index (χ2v) is 6.51. The second kappa shape index (κ2) is 7.79. The maximum Gasteiger partial charge on any atom is 0.312 e. The number of carbonyl (C=O) groups excluding carboxylic acids is 1. The van der Waals surface area contributed by atoms with Crippen LogP contribution in [0.15, 0.2) is 36.7 Å². The summed E-state index contributed by atoms with van der Waals surface area (Å²) in [6.07, 6.45) is -4.04. The number of imidazole rings is 1. The van der Waals surface area contributed by atoms with Gasteiger partial charge in [0.1, 0.15) is 24.9 Å². The number of halogens is 1. The first-order valence-corrected chi connectivity index (χ1v) is 8.79. The number of aromatic nitrogens is 4. The second-order valence-electron chi connectivity index (χ2n) is 6.51. The van der Waals surface area contributed by atoms with Crippen molar-refractivity contribution >= 4 is 22.8 Å². The van der Waals surface area contributed by atoms with Gasteiger partial charge in [-0.3, -0.25) is 9.36 Å². The molecule has 1 saturated heterocycles. The zero-order valence-corrected chi connectivity index (χ0v) is 15.1. The van der Waals surface area contributed by atoms with E-state index in [1.54, 1.807) is 30.3 Å². The Morgan fingerprint density at radius 1 is 1.31 bits per heavy atom. The number of fused-ring (bicyclic) bond motifs is 1. The number of hydrogen-bond acceptors (Lipinski definition) is 9. The first kappa shape index (κ1) is 19.3. The van der Waals surface area contributed by atoms with Crippen molar-refractivity contribution in [3.8, 4) is 0 Å². The molecule has 3 heterocycles. The van der Waals surface area contributed by atoms with Crippen molar-refractivity contribution in [1.29, 1.82) is 0 Å². The van der Waals surface area contributed by atoms with Gasteiger partial charge in [0.15, 0.2) is 29.0 Å². The third kappa shape index (κ3) is 3.56. The van der Waals surface area contributed by atoms with Gasteiger partial charge in [0.05, 0.1) is 12.9 Å². The van der Waals surface area contributed by atoms with Gasteiger partial charge in [-0.2, -0.15) is 14.4 Å². The summed E-state index contributed by atoms with van der Waals surface area (Å²) in [6, 6.07) is 8.52. The van der Waals surface area contributed by atoms with Crippen molar-refractivity contribution in [1.82, 2.24) is 19.5 Å². The molecular weight excluding hydrogens is 385 g/mol. The van der Waals surface area contributed by atoms with Crippen LogP contribution >= 0.6 is 0 Å². The number of rotatable bonds is 6. The Morgan fingerprint density at radius 2 is 2.07 bits per heavy atom. The number of carbonyl (C=O) groups is 1. The van der Waals surface area contributed by atoms with E-state index in [0.717, 1.165) is 0 Å². The van der Waals surface area contributed by atoms with Crippen molar-refractivity contribution < 1.29 is 28.9 Å². The van der Waals surface area contributed by atoms with Gasteiger partial charge in [0.2, 0.25) is 0 Å². The predicted octanol–water partition coefficient (Wildman–Crippen LogP) is 0.0663. The van der Waals surface area contributed by atoms with Gasteiger partial charge in [0.25, 0.3) is 0 Å². The maximum absolute atomic E-state index is 13.7. The number of Topliss-reactive ketones (excluding diaryl/α,β-unsaturated/α-hetero) is 1. The van der Waals surface area contributed by atoms with Crippen LogP contribution in [-0.2, 0) is 9.47 Å². The monoisotopic (exact) mass is 403 g/mol. The molecule has 1 fully saturated rings. The summed E-state index contributed by atoms with van der Waals surface area (Å²) in [4.78, 5) is 23.5. The number of hydrogen-bond donors (Lipinski definition) is 3. The van der Waals surface area contributed by atoms with Gasteiger partial charge in [-0.25, -0.2) is 4.98 Å². The number of nitrogen functional groups attached to an aromatic ring is 1. The van der Waals surface area contributed by atoms with Crippen LogP contribution in [0.2, 0.25) is 0 Å². The normalized spacial score (nSPS) is 24.2. The van der Waals surface area contributed by atoms with E-state index in [9.17, 15) is 19.4 Å². The fourth-order valence-electron chi connectivity index (χ4n) is 3.25. The summed E-state index contributed by atoms with van der Waals surface area (Å²) in [7, 11) is 0. The van der Waals surface area contributed by atoms with Crippen LogP contribution in [0.5, 0.6) is 0 Å². The number of anilines is 1. The highest BCUT2D eigenvalue weighted by atomic mass is 19.1. The Labute approximate surface area is 163 Å².